The van der Waals surface area contributed by atoms with Crippen LogP contribution in [0.25, 0.3) is 0 Å². The van der Waals surface area contributed by atoms with Gasteiger partial charge in [0.05, 0.1) is 5.69 Å². The molecular formula is C11H16Cl2N2O2S. The highest BCUT2D eigenvalue weighted by atomic mass is 35.7. The molecule has 18 heavy (non-hydrogen) atoms. The Morgan fingerprint density at radius 3 is 2.50 bits per heavy atom. The second kappa shape index (κ2) is 5.39. The van der Waals surface area contributed by atoms with Crippen molar-refractivity contribution < 1.29 is 8.42 Å². The standard InChI is InChI=1S/C11H16Cl2N2O2S/c1-2-7-15-11(12)10(18(13,16)17)9(14-15)8-5-3-4-6-8/h8H,2-7H2,1H3. The molecule has 1 heterocycles. The van der Waals surface area contributed by atoms with Crippen molar-refractivity contribution in [2.75, 3.05) is 0 Å². The van der Waals surface area contributed by atoms with Crippen molar-refractivity contribution in [1.29, 1.82) is 0 Å². The summed E-state index contributed by atoms with van der Waals surface area (Å²) in [5.74, 6) is 0.170. The number of aromatic nitrogens is 2. The number of rotatable bonds is 4. The minimum Gasteiger partial charge on any atom is -0.252 e. The fourth-order valence-corrected chi connectivity index (χ4v) is 4.36. The van der Waals surface area contributed by atoms with Gasteiger partial charge in [0.15, 0.2) is 0 Å². The van der Waals surface area contributed by atoms with Gasteiger partial charge in [-0.05, 0) is 19.3 Å². The highest BCUT2D eigenvalue weighted by Crippen LogP contribution is 2.40. The topological polar surface area (TPSA) is 52.0 Å². The average Bonchev–Trinajstić information content (AvgIpc) is 2.86. The normalized spacial score (nSPS) is 17.5. The molecule has 1 aromatic heterocycles. The summed E-state index contributed by atoms with van der Waals surface area (Å²) in [7, 11) is 1.65. The number of halogens is 2. The Kier molecular flexibility index (Phi) is 4.24. The van der Waals surface area contributed by atoms with E-state index in [1.165, 1.54) is 0 Å². The Labute approximate surface area is 117 Å². The van der Waals surface area contributed by atoms with E-state index in [9.17, 15) is 8.42 Å². The van der Waals surface area contributed by atoms with Crippen LogP contribution in [0, 0.1) is 0 Å². The van der Waals surface area contributed by atoms with Crippen LogP contribution in [0.2, 0.25) is 5.15 Å². The first-order valence-electron chi connectivity index (χ1n) is 6.16. The summed E-state index contributed by atoms with van der Waals surface area (Å²) in [6.07, 6.45) is 4.96. The van der Waals surface area contributed by atoms with Crippen LogP contribution >= 0.6 is 22.3 Å². The lowest BCUT2D eigenvalue weighted by atomic mass is 10.1. The zero-order valence-electron chi connectivity index (χ0n) is 10.2. The van der Waals surface area contributed by atoms with Crippen LogP contribution in [-0.4, -0.2) is 18.2 Å². The first-order chi connectivity index (χ1) is 8.45. The minimum atomic E-state index is -3.84. The van der Waals surface area contributed by atoms with Gasteiger partial charge in [0, 0.05) is 23.1 Å². The van der Waals surface area contributed by atoms with Crippen molar-refractivity contribution in [2.24, 2.45) is 0 Å². The molecule has 102 valence electrons. The van der Waals surface area contributed by atoms with Crippen molar-refractivity contribution in [1.82, 2.24) is 9.78 Å². The lowest BCUT2D eigenvalue weighted by Crippen LogP contribution is -2.02. The molecule has 1 aliphatic carbocycles. The van der Waals surface area contributed by atoms with Crippen LogP contribution in [0.4, 0.5) is 0 Å². The molecule has 0 spiro atoms. The van der Waals surface area contributed by atoms with E-state index in [4.69, 9.17) is 22.3 Å². The van der Waals surface area contributed by atoms with Gasteiger partial charge in [0.25, 0.3) is 9.05 Å². The molecule has 0 aromatic carbocycles. The van der Waals surface area contributed by atoms with Crippen LogP contribution in [-0.2, 0) is 15.6 Å². The first-order valence-corrected chi connectivity index (χ1v) is 8.84. The maximum absolute atomic E-state index is 11.7. The van der Waals surface area contributed by atoms with E-state index < -0.39 is 9.05 Å². The van der Waals surface area contributed by atoms with Crippen molar-refractivity contribution in [3.05, 3.63) is 10.8 Å². The molecule has 0 atom stereocenters. The first kappa shape index (κ1) is 14.2. The largest absolute Gasteiger partial charge is 0.266 e. The zero-order chi connectivity index (χ0) is 13.3. The highest BCUT2D eigenvalue weighted by Gasteiger charge is 2.32. The zero-order valence-corrected chi connectivity index (χ0v) is 12.5. The molecule has 0 aliphatic heterocycles. The van der Waals surface area contributed by atoms with E-state index in [-0.39, 0.29) is 16.0 Å². The number of hydrogen-bond acceptors (Lipinski definition) is 3. The molecule has 0 amide bonds. The fourth-order valence-electron chi connectivity index (χ4n) is 2.49. The monoisotopic (exact) mass is 310 g/mol. The molecule has 0 bridgehead atoms. The van der Waals surface area contributed by atoms with Crippen LogP contribution in [0.5, 0.6) is 0 Å². The van der Waals surface area contributed by atoms with Gasteiger partial charge >= 0.3 is 0 Å². The van der Waals surface area contributed by atoms with Gasteiger partial charge in [-0.15, -0.1) is 0 Å². The van der Waals surface area contributed by atoms with Crippen molar-refractivity contribution >= 4 is 31.3 Å². The molecule has 0 unspecified atom stereocenters. The van der Waals surface area contributed by atoms with Gasteiger partial charge < -0.3 is 0 Å². The maximum atomic E-state index is 11.7. The smallest absolute Gasteiger partial charge is 0.252 e. The van der Waals surface area contributed by atoms with Gasteiger partial charge in [0.2, 0.25) is 0 Å². The van der Waals surface area contributed by atoms with E-state index in [0.29, 0.717) is 12.2 Å². The molecule has 0 radical (unpaired) electrons. The van der Waals surface area contributed by atoms with E-state index in [0.717, 1.165) is 32.1 Å². The Hall–Kier alpha value is -0.260. The van der Waals surface area contributed by atoms with Crippen LogP contribution in [0.15, 0.2) is 4.90 Å². The summed E-state index contributed by atoms with van der Waals surface area (Å²) in [5.41, 5.74) is 0.556. The maximum Gasteiger partial charge on any atom is 0.266 e. The van der Waals surface area contributed by atoms with Crippen LogP contribution in [0.3, 0.4) is 0 Å². The Morgan fingerprint density at radius 1 is 1.39 bits per heavy atom. The molecule has 4 nitrogen and oxygen atoms in total. The van der Waals surface area contributed by atoms with Crippen molar-refractivity contribution in [2.45, 2.75) is 56.4 Å². The predicted molar refractivity (Wildman–Crippen MR) is 71.8 cm³/mol. The SMILES string of the molecule is CCCn1nc(C2CCCC2)c(S(=O)(=O)Cl)c1Cl. The minimum absolute atomic E-state index is 0.0196. The Bertz CT molecular complexity index is 533. The molecule has 1 fully saturated rings. The molecule has 1 saturated carbocycles. The second-order valence-electron chi connectivity index (χ2n) is 4.65. The third-order valence-corrected chi connectivity index (χ3v) is 5.15. The molecule has 0 saturated heterocycles. The van der Waals surface area contributed by atoms with Gasteiger partial charge in [0.1, 0.15) is 10.0 Å². The van der Waals surface area contributed by atoms with E-state index >= 15 is 0 Å². The summed E-state index contributed by atoms with van der Waals surface area (Å²) in [4.78, 5) is 0.0196. The van der Waals surface area contributed by atoms with Gasteiger partial charge in [-0.1, -0.05) is 31.4 Å². The molecule has 1 aliphatic rings. The van der Waals surface area contributed by atoms with Gasteiger partial charge in [-0.2, -0.15) is 5.10 Å². The van der Waals surface area contributed by atoms with Crippen LogP contribution < -0.4 is 0 Å². The summed E-state index contributed by atoms with van der Waals surface area (Å²) in [5, 5.41) is 4.52. The lowest BCUT2D eigenvalue weighted by molar-refractivity contribution is 0.577. The Morgan fingerprint density at radius 2 is 2.00 bits per heavy atom. The number of aryl methyl sites for hydroxylation is 1. The molecule has 1 aromatic rings. The third-order valence-electron chi connectivity index (χ3n) is 3.30. The summed E-state index contributed by atoms with van der Waals surface area (Å²) in [6.45, 7) is 2.59. The van der Waals surface area contributed by atoms with E-state index in [2.05, 4.69) is 5.10 Å². The third kappa shape index (κ3) is 2.68. The second-order valence-corrected chi connectivity index (χ2v) is 7.51. The van der Waals surface area contributed by atoms with Gasteiger partial charge in [-0.3, -0.25) is 4.68 Å². The van der Waals surface area contributed by atoms with Gasteiger partial charge in [-0.25, -0.2) is 8.42 Å². The average molecular weight is 311 g/mol. The number of nitrogens with zero attached hydrogens (tertiary/aromatic N) is 2. The number of hydrogen-bond donors (Lipinski definition) is 0. The molecule has 2 rings (SSSR count). The highest BCUT2D eigenvalue weighted by molar-refractivity contribution is 8.13. The summed E-state index contributed by atoms with van der Waals surface area (Å²) < 4.78 is 24.9. The van der Waals surface area contributed by atoms with E-state index in [1.54, 1.807) is 4.68 Å². The molecule has 0 N–H and O–H groups in total. The van der Waals surface area contributed by atoms with Crippen LogP contribution in [0.1, 0.15) is 50.6 Å². The fraction of sp³-hybridized carbons (Fsp3) is 0.727. The van der Waals surface area contributed by atoms with Crippen molar-refractivity contribution in [3.8, 4) is 0 Å². The predicted octanol–water partition coefficient (Wildman–Crippen LogP) is 3.53. The Balaban J connectivity index is 2.52. The van der Waals surface area contributed by atoms with Crippen molar-refractivity contribution in [3.63, 3.8) is 0 Å². The quantitative estimate of drug-likeness (QED) is 0.799. The summed E-state index contributed by atoms with van der Waals surface area (Å²) >= 11 is 6.11. The summed E-state index contributed by atoms with van der Waals surface area (Å²) in [6, 6.07) is 0. The molecule has 7 heteroatoms. The lowest BCUT2D eigenvalue weighted by Gasteiger charge is -2.06. The molecular weight excluding hydrogens is 295 g/mol. The van der Waals surface area contributed by atoms with E-state index in [1.807, 2.05) is 6.92 Å².